The Morgan fingerprint density at radius 2 is 2.23 bits per heavy atom. The number of hydrogen-bond acceptors (Lipinski definition) is 6. The van der Waals surface area contributed by atoms with E-state index in [4.69, 9.17) is 38.1 Å². The van der Waals surface area contributed by atoms with E-state index in [-0.39, 0.29) is 15.0 Å². The molecule has 1 heterocycles. The van der Waals surface area contributed by atoms with Crippen LogP contribution in [0.25, 0.3) is 0 Å². The van der Waals surface area contributed by atoms with E-state index < -0.39 is 10.0 Å². The molecule has 0 atom stereocenters. The first-order valence-electron chi connectivity index (χ1n) is 6.04. The summed E-state index contributed by atoms with van der Waals surface area (Å²) < 4.78 is 33.3. The van der Waals surface area contributed by atoms with Crippen molar-refractivity contribution in [2.24, 2.45) is 5.14 Å². The van der Waals surface area contributed by atoms with Crippen molar-refractivity contribution in [2.45, 2.75) is 11.4 Å². The normalized spacial score (nSPS) is 11.2. The molecule has 0 unspecified atom stereocenters. The third-order valence-electron chi connectivity index (χ3n) is 2.82. The smallest absolute Gasteiger partial charge is 0.239 e. The summed E-state index contributed by atoms with van der Waals surface area (Å²) in [4.78, 5) is -0.216. The van der Waals surface area contributed by atoms with Gasteiger partial charge in [0.2, 0.25) is 10.0 Å². The highest BCUT2D eigenvalue weighted by Gasteiger charge is 2.19. The lowest BCUT2D eigenvalue weighted by molar-refractivity contribution is 0.416. The zero-order valence-corrected chi connectivity index (χ0v) is 13.9. The first-order valence-corrected chi connectivity index (χ1v) is 8.37. The summed E-state index contributed by atoms with van der Waals surface area (Å²) in [6, 6.07) is 6.27. The molecule has 6 nitrogen and oxygen atoms in total. The molecule has 2 rings (SSSR count). The van der Waals surface area contributed by atoms with Crippen LogP contribution in [0.4, 0.5) is 5.69 Å². The van der Waals surface area contributed by atoms with Crippen molar-refractivity contribution >= 4 is 44.6 Å². The van der Waals surface area contributed by atoms with Gasteiger partial charge in [-0.15, -0.1) is 0 Å². The van der Waals surface area contributed by atoms with E-state index in [0.29, 0.717) is 23.6 Å². The molecule has 3 N–H and O–H groups in total. The second kappa shape index (κ2) is 6.66. The number of hydrogen-bond donors (Lipinski definition) is 2. The van der Waals surface area contributed by atoms with Gasteiger partial charge in [-0.05, 0) is 36.5 Å². The van der Waals surface area contributed by atoms with Crippen LogP contribution in [0.15, 0.2) is 39.8 Å². The lowest BCUT2D eigenvalue weighted by Gasteiger charge is -2.14. The molecule has 0 spiro atoms. The van der Waals surface area contributed by atoms with Gasteiger partial charge in [0.25, 0.3) is 0 Å². The molecule has 22 heavy (non-hydrogen) atoms. The van der Waals surface area contributed by atoms with Gasteiger partial charge in [-0.2, -0.15) is 0 Å². The van der Waals surface area contributed by atoms with Crippen molar-refractivity contribution in [2.75, 3.05) is 12.4 Å². The molecule has 1 aromatic carbocycles. The molecule has 9 heteroatoms. The lowest BCUT2D eigenvalue weighted by atomic mass is 10.2. The Labute approximate surface area is 138 Å². The van der Waals surface area contributed by atoms with Gasteiger partial charge in [0.15, 0.2) is 5.05 Å². The second-order valence-corrected chi connectivity index (χ2v) is 6.61. The van der Waals surface area contributed by atoms with Gasteiger partial charge in [-0.3, -0.25) is 0 Å². The molecular formula is C13H13ClN2O4S2. The first-order chi connectivity index (χ1) is 10.3. The van der Waals surface area contributed by atoms with E-state index in [1.807, 2.05) is 0 Å². The minimum Gasteiger partial charge on any atom is -0.486 e. The van der Waals surface area contributed by atoms with Crippen LogP contribution >= 0.6 is 23.8 Å². The quantitative estimate of drug-likeness (QED) is 0.795. The molecule has 118 valence electrons. The molecule has 0 aliphatic heterocycles. The van der Waals surface area contributed by atoms with Crippen LogP contribution in [0.5, 0.6) is 0 Å². The van der Waals surface area contributed by atoms with Gasteiger partial charge in [0.1, 0.15) is 10.7 Å². The molecule has 0 saturated carbocycles. The van der Waals surface area contributed by atoms with E-state index in [0.717, 1.165) is 0 Å². The number of benzene rings is 1. The zero-order valence-electron chi connectivity index (χ0n) is 11.5. The average molecular weight is 361 g/mol. The molecule has 2 aromatic rings. The number of nitrogens with one attached hydrogen (secondary N) is 1. The summed E-state index contributed by atoms with van der Waals surface area (Å²) in [6.07, 6.45) is 1.55. The van der Waals surface area contributed by atoms with Crippen molar-refractivity contribution in [3.63, 3.8) is 0 Å². The number of furan rings is 1. The number of primary sulfonamides is 1. The maximum absolute atomic E-state index is 11.5. The van der Waals surface area contributed by atoms with Crippen molar-refractivity contribution < 1.29 is 17.6 Å². The molecule has 0 aliphatic rings. The molecule has 0 bridgehead atoms. The highest BCUT2D eigenvalue weighted by Crippen LogP contribution is 2.29. The Hall–Kier alpha value is -1.61. The van der Waals surface area contributed by atoms with Gasteiger partial charge in [0.05, 0.1) is 30.5 Å². The fourth-order valence-corrected chi connectivity index (χ4v) is 3.06. The minimum absolute atomic E-state index is 0.00732. The monoisotopic (exact) mass is 360 g/mol. The number of nitrogens with two attached hydrogens (primary N) is 1. The van der Waals surface area contributed by atoms with Crippen molar-refractivity contribution in [1.82, 2.24) is 0 Å². The molecule has 0 saturated heterocycles. The summed E-state index contributed by atoms with van der Waals surface area (Å²) in [5.74, 6) is 0.695. The SMILES string of the molecule is COC(=S)c1cc(S(N)(=O)=O)c(Cl)cc1NCc1ccco1. The topological polar surface area (TPSA) is 94.6 Å². The molecule has 0 radical (unpaired) electrons. The Morgan fingerprint density at radius 1 is 1.50 bits per heavy atom. The Kier molecular flexibility index (Phi) is 5.07. The van der Waals surface area contributed by atoms with Crippen LogP contribution in [0, 0.1) is 0 Å². The van der Waals surface area contributed by atoms with Gasteiger partial charge < -0.3 is 14.5 Å². The summed E-state index contributed by atoms with van der Waals surface area (Å²) in [7, 11) is -2.57. The van der Waals surface area contributed by atoms with E-state index in [1.165, 1.54) is 19.2 Å². The standard InChI is InChI=1S/C13H13ClN2O4S2/c1-19-13(21)9-5-12(22(15,17)18)10(14)6-11(9)16-7-8-3-2-4-20-8/h2-6,16H,7H2,1H3,(H2,15,17,18). The number of thiocarbonyl (C=S) groups is 1. The predicted molar refractivity (Wildman–Crippen MR) is 87.6 cm³/mol. The number of ether oxygens (including phenoxy) is 1. The predicted octanol–water partition coefficient (Wildman–Crippen LogP) is 2.51. The number of anilines is 1. The van der Waals surface area contributed by atoms with Crippen LogP contribution in [0.1, 0.15) is 11.3 Å². The van der Waals surface area contributed by atoms with Crippen molar-refractivity contribution in [3.8, 4) is 0 Å². The molecule has 0 fully saturated rings. The highest BCUT2D eigenvalue weighted by molar-refractivity contribution is 7.89. The fraction of sp³-hybridized carbons (Fsp3) is 0.154. The molecular weight excluding hydrogens is 348 g/mol. The van der Waals surface area contributed by atoms with Crippen LogP contribution in [0.3, 0.4) is 0 Å². The second-order valence-electron chi connectivity index (χ2n) is 4.30. The maximum atomic E-state index is 11.5. The summed E-state index contributed by atoms with van der Waals surface area (Å²) >= 11 is 11.1. The minimum atomic E-state index is -3.97. The Bertz CT molecular complexity index is 789. The van der Waals surface area contributed by atoms with E-state index >= 15 is 0 Å². The van der Waals surface area contributed by atoms with E-state index in [2.05, 4.69) is 5.32 Å². The third-order valence-corrected chi connectivity index (χ3v) is 4.58. The van der Waals surface area contributed by atoms with Crippen molar-refractivity contribution in [1.29, 1.82) is 0 Å². The number of halogens is 1. The van der Waals surface area contributed by atoms with Gasteiger partial charge in [0, 0.05) is 5.69 Å². The number of rotatable bonds is 5. The maximum Gasteiger partial charge on any atom is 0.239 e. The first kappa shape index (κ1) is 16.8. The third kappa shape index (κ3) is 3.77. The highest BCUT2D eigenvalue weighted by atomic mass is 35.5. The largest absolute Gasteiger partial charge is 0.486 e. The summed E-state index contributed by atoms with van der Waals surface area (Å²) in [6.45, 7) is 0.372. The van der Waals surface area contributed by atoms with E-state index in [9.17, 15) is 8.42 Å². The van der Waals surface area contributed by atoms with Gasteiger partial charge in [-0.1, -0.05) is 11.6 Å². The zero-order chi connectivity index (χ0) is 16.3. The Balaban J connectivity index is 2.43. The van der Waals surface area contributed by atoms with Gasteiger partial charge in [-0.25, -0.2) is 13.6 Å². The number of sulfonamides is 1. The molecule has 0 amide bonds. The summed E-state index contributed by atoms with van der Waals surface area (Å²) in [5, 5.41) is 8.31. The lowest BCUT2D eigenvalue weighted by Crippen LogP contribution is -2.15. The summed E-state index contributed by atoms with van der Waals surface area (Å²) in [5.41, 5.74) is 0.887. The van der Waals surface area contributed by atoms with Crippen LogP contribution < -0.4 is 10.5 Å². The van der Waals surface area contributed by atoms with Crippen LogP contribution in [-0.4, -0.2) is 20.6 Å². The van der Waals surface area contributed by atoms with Crippen molar-refractivity contribution in [3.05, 3.63) is 46.9 Å². The molecule has 1 aromatic heterocycles. The van der Waals surface area contributed by atoms with Crippen LogP contribution in [-0.2, 0) is 21.3 Å². The Morgan fingerprint density at radius 3 is 2.77 bits per heavy atom. The van der Waals surface area contributed by atoms with Gasteiger partial charge >= 0.3 is 0 Å². The fourth-order valence-electron chi connectivity index (χ4n) is 1.79. The average Bonchev–Trinajstić information content (AvgIpc) is 2.96. The molecule has 0 aliphatic carbocycles. The van der Waals surface area contributed by atoms with Crippen LogP contribution in [0.2, 0.25) is 5.02 Å². The number of methoxy groups -OCH3 is 1. The van der Waals surface area contributed by atoms with E-state index in [1.54, 1.807) is 18.4 Å².